The molecule has 0 saturated carbocycles. The van der Waals surface area contributed by atoms with Crippen LogP contribution < -0.4 is 10.1 Å². The summed E-state index contributed by atoms with van der Waals surface area (Å²) in [6.07, 6.45) is 0.818. The Morgan fingerprint density at radius 3 is 2.75 bits per heavy atom. The molecule has 20 heavy (non-hydrogen) atoms. The molecule has 0 spiro atoms. The maximum atomic E-state index is 13.1. The third kappa shape index (κ3) is 3.68. The quantitative estimate of drug-likeness (QED) is 0.907. The van der Waals surface area contributed by atoms with Gasteiger partial charge in [0.15, 0.2) is 0 Å². The predicted octanol–water partition coefficient (Wildman–Crippen LogP) is 3.95. The molecule has 0 atom stereocenters. The van der Waals surface area contributed by atoms with Gasteiger partial charge in [0, 0.05) is 24.4 Å². The standard InChI is InChI=1S/C15H16ClFN2O/c1-3-11-6-10(9-18-2)7-15(19-11)20-12-4-5-14(17)13(16)8-12/h4-8,18H,3,9H2,1-2H3. The first-order valence-electron chi connectivity index (χ1n) is 6.39. The van der Waals surface area contributed by atoms with Gasteiger partial charge in [0.25, 0.3) is 0 Å². The highest BCUT2D eigenvalue weighted by molar-refractivity contribution is 6.30. The van der Waals surface area contributed by atoms with Crippen molar-refractivity contribution >= 4 is 11.6 Å². The van der Waals surface area contributed by atoms with E-state index in [2.05, 4.69) is 10.3 Å². The predicted molar refractivity (Wildman–Crippen MR) is 77.9 cm³/mol. The maximum absolute atomic E-state index is 13.1. The van der Waals surface area contributed by atoms with Gasteiger partial charge in [-0.05, 0) is 37.2 Å². The van der Waals surface area contributed by atoms with Crippen molar-refractivity contribution < 1.29 is 9.13 Å². The van der Waals surface area contributed by atoms with Gasteiger partial charge in [-0.2, -0.15) is 0 Å². The molecule has 1 N–H and O–H groups in total. The number of hydrogen-bond acceptors (Lipinski definition) is 3. The Bertz CT molecular complexity index is 604. The van der Waals surface area contributed by atoms with Crippen LogP contribution in [0, 0.1) is 5.82 Å². The SMILES string of the molecule is CCc1cc(CNC)cc(Oc2ccc(F)c(Cl)c2)n1. The number of nitrogens with zero attached hydrogens (tertiary/aromatic N) is 1. The fraction of sp³-hybridized carbons (Fsp3) is 0.267. The molecular weight excluding hydrogens is 279 g/mol. The molecule has 0 fully saturated rings. The molecule has 2 aromatic rings. The van der Waals surface area contributed by atoms with E-state index in [0.717, 1.165) is 24.2 Å². The van der Waals surface area contributed by atoms with Crippen molar-refractivity contribution in [3.8, 4) is 11.6 Å². The average molecular weight is 295 g/mol. The van der Waals surface area contributed by atoms with E-state index in [1.165, 1.54) is 18.2 Å². The number of nitrogens with one attached hydrogen (secondary N) is 1. The molecular formula is C15H16ClFN2O. The molecule has 0 unspecified atom stereocenters. The van der Waals surface area contributed by atoms with Crippen LogP contribution >= 0.6 is 11.6 Å². The number of aryl methyl sites for hydroxylation is 1. The Morgan fingerprint density at radius 1 is 1.30 bits per heavy atom. The third-order valence-corrected chi connectivity index (χ3v) is 3.06. The number of hydrogen-bond donors (Lipinski definition) is 1. The molecule has 0 aliphatic rings. The molecule has 0 bridgehead atoms. The second kappa shape index (κ2) is 6.68. The summed E-state index contributed by atoms with van der Waals surface area (Å²) in [5.41, 5.74) is 2.03. The minimum Gasteiger partial charge on any atom is -0.439 e. The molecule has 2 rings (SSSR count). The molecule has 0 amide bonds. The Balaban J connectivity index is 2.27. The average Bonchev–Trinajstić information content (AvgIpc) is 2.43. The summed E-state index contributed by atoms with van der Waals surface area (Å²) in [5.74, 6) is 0.481. The van der Waals surface area contributed by atoms with Crippen molar-refractivity contribution in [2.75, 3.05) is 7.05 Å². The second-order valence-corrected chi connectivity index (χ2v) is 4.77. The number of pyridine rings is 1. The van der Waals surface area contributed by atoms with E-state index in [0.29, 0.717) is 11.6 Å². The van der Waals surface area contributed by atoms with Crippen LogP contribution in [0.2, 0.25) is 5.02 Å². The molecule has 0 saturated heterocycles. The normalized spacial score (nSPS) is 10.6. The smallest absolute Gasteiger partial charge is 0.219 e. The summed E-state index contributed by atoms with van der Waals surface area (Å²) in [6, 6.07) is 8.12. The molecule has 1 heterocycles. The van der Waals surface area contributed by atoms with Gasteiger partial charge in [-0.1, -0.05) is 18.5 Å². The minimum absolute atomic E-state index is 0.0320. The third-order valence-electron chi connectivity index (χ3n) is 2.77. The number of halogens is 2. The highest BCUT2D eigenvalue weighted by Gasteiger charge is 2.06. The molecule has 0 aliphatic carbocycles. The first kappa shape index (κ1) is 14.8. The second-order valence-electron chi connectivity index (χ2n) is 4.37. The Labute approximate surface area is 122 Å². The summed E-state index contributed by atoms with van der Waals surface area (Å²) in [4.78, 5) is 4.39. The molecule has 1 aromatic heterocycles. The summed E-state index contributed by atoms with van der Waals surface area (Å²) < 4.78 is 18.8. The van der Waals surface area contributed by atoms with E-state index in [4.69, 9.17) is 16.3 Å². The Kier molecular flexibility index (Phi) is 4.93. The summed E-state index contributed by atoms with van der Waals surface area (Å²) >= 11 is 5.73. The van der Waals surface area contributed by atoms with Crippen molar-refractivity contribution in [1.29, 1.82) is 0 Å². The van der Waals surface area contributed by atoms with E-state index >= 15 is 0 Å². The molecule has 0 radical (unpaired) electrons. The highest BCUT2D eigenvalue weighted by Crippen LogP contribution is 2.26. The maximum Gasteiger partial charge on any atom is 0.219 e. The van der Waals surface area contributed by atoms with Crippen molar-refractivity contribution in [1.82, 2.24) is 10.3 Å². The van der Waals surface area contributed by atoms with Gasteiger partial charge in [0.05, 0.1) is 5.02 Å². The van der Waals surface area contributed by atoms with E-state index < -0.39 is 5.82 Å². The van der Waals surface area contributed by atoms with Crippen LogP contribution in [0.4, 0.5) is 4.39 Å². The fourth-order valence-corrected chi connectivity index (χ4v) is 1.99. The van der Waals surface area contributed by atoms with Crippen LogP contribution in [0.15, 0.2) is 30.3 Å². The monoisotopic (exact) mass is 294 g/mol. The van der Waals surface area contributed by atoms with E-state index in [-0.39, 0.29) is 5.02 Å². The lowest BCUT2D eigenvalue weighted by atomic mass is 10.2. The Hall–Kier alpha value is -1.65. The summed E-state index contributed by atoms with van der Waals surface area (Å²) in [7, 11) is 1.88. The van der Waals surface area contributed by atoms with E-state index in [9.17, 15) is 4.39 Å². The van der Waals surface area contributed by atoms with Gasteiger partial charge in [-0.15, -0.1) is 0 Å². The van der Waals surface area contributed by atoms with E-state index in [1.807, 2.05) is 26.1 Å². The fourth-order valence-electron chi connectivity index (χ4n) is 1.82. The minimum atomic E-state index is -0.467. The number of ether oxygens (including phenoxy) is 1. The lowest BCUT2D eigenvalue weighted by molar-refractivity contribution is 0.458. The molecule has 1 aromatic carbocycles. The van der Waals surface area contributed by atoms with Gasteiger partial charge >= 0.3 is 0 Å². The number of rotatable bonds is 5. The van der Waals surface area contributed by atoms with Gasteiger partial charge in [0.1, 0.15) is 11.6 Å². The summed E-state index contributed by atoms with van der Waals surface area (Å²) in [5, 5.41) is 3.12. The Morgan fingerprint density at radius 2 is 2.10 bits per heavy atom. The zero-order valence-corrected chi connectivity index (χ0v) is 12.2. The van der Waals surface area contributed by atoms with Crippen molar-refractivity contribution in [3.63, 3.8) is 0 Å². The van der Waals surface area contributed by atoms with Crippen LogP contribution in [-0.2, 0) is 13.0 Å². The van der Waals surface area contributed by atoms with Gasteiger partial charge < -0.3 is 10.1 Å². The van der Waals surface area contributed by atoms with Crippen LogP contribution in [0.3, 0.4) is 0 Å². The summed E-state index contributed by atoms with van der Waals surface area (Å²) in [6.45, 7) is 2.76. The van der Waals surface area contributed by atoms with Crippen molar-refractivity contribution in [2.24, 2.45) is 0 Å². The van der Waals surface area contributed by atoms with Gasteiger partial charge in [0.2, 0.25) is 5.88 Å². The first-order chi connectivity index (χ1) is 9.62. The first-order valence-corrected chi connectivity index (χ1v) is 6.77. The van der Waals surface area contributed by atoms with Crippen molar-refractivity contribution in [2.45, 2.75) is 19.9 Å². The van der Waals surface area contributed by atoms with Crippen LogP contribution in [0.5, 0.6) is 11.6 Å². The molecule has 106 valence electrons. The molecule has 0 aliphatic heterocycles. The number of benzene rings is 1. The molecule has 3 nitrogen and oxygen atoms in total. The zero-order chi connectivity index (χ0) is 14.5. The van der Waals surface area contributed by atoms with Gasteiger partial charge in [-0.25, -0.2) is 9.37 Å². The number of aromatic nitrogens is 1. The topological polar surface area (TPSA) is 34.1 Å². The van der Waals surface area contributed by atoms with Crippen LogP contribution in [0.1, 0.15) is 18.2 Å². The lowest BCUT2D eigenvalue weighted by Crippen LogP contribution is -2.06. The van der Waals surface area contributed by atoms with Crippen LogP contribution in [0.25, 0.3) is 0 Å². The van der Waals surface area contributed by atoms with Crippen molar-refractivity contribution in [3.05, 3.63) is 52.4 Å². The highest BCUT2D eigenvalue weighted by atomic mass is 35.5. The van der Waals surface area contributed by atoms with Gasteiger partial charge in [-0.3, -0.25) is 0 Å². The largest absolute Gasteiger partial charge is 0.439 e. The zero-order valence-electron chi connectivity index (χ0n) is 11.4. The van der Waals surface area contributed by atoms with E-state index in [1.54, 1.807) is 0 Å². The van der Waals surface area contributed by atoms with Crippen LogP contribution in [-0.4, -0.2) is 12.0 Å². The molecule has 5 heteroatoms. The lowest BCUT2D eigenvalue weighted by Gasteiger charge is -2.09.